The third kappa shape index (κ3) is 2.68. The Balaban J connectivity index is 2.03. The van der Waals surface area contributed by atoms with Crippen LogP contribution >= 0.6 is 0 Å². The number of nitrogens with two attached hydrogens (primary N) is 1. The molecule has 0 amide bonds. The van der Waals surface area contributed by atoms with Gasteiger partial charge >= 0.3 is 0 Å². The van der Waals surface area contributed by atoms with Crippen molar-refractivity contribution in [3.63, 3.8) is 0 Å². The van der Waals surface area contributed by atoms with Gasteiger partial charge in [0.1, 0.15) is 17.5 Å². The maximum absolute atomic E-state index is 5.84. The van der Waals surface area contributed by atoms with Gasteiger partial charge in [-0.1, -0.05) is 19.8 Å². The van der Waals surface area contributed by atoms with E-state index >= 15 is 0 Å². The van der Waals surface area contributed by atoms with Gasteiger partial charge in [-0.2, -0.15) is 0 Å². The zero-order chi connectivity index (χ0) is 12.4. The minimum atomic E-state index is 0.583. The van der Waals surface area contributed by atoms with E-state index < -0.39 is 0 Å². The summed E-state index contributed by atoms with van der Waals surface area (Å²) in [5.74, 6) is 3.80. The average molecular weight is 234 g/mol. The van der Waals surface area contributed by atoms with Crippen molar-refractivity contribution < 1.29 is 0 Å². The fraction of sp³-hybridized carbons (Fsp3) is 0.692. The molecule has 1 aliphatic rings. The van der Waals surface area contributed by atoms with E-state index in [0.29, 0.717) is 5.82 Å². The van der Waals surface area contributed by atoms with Crippen LogP contribution < -0.4 is 11.1 Å². The van der Waals surface area contributed by atoms with Crippen molar-refractivity contribution in [1.29, 1.82) is 0 Å². The number of hydrogen-bond acceptors (Lipinski definition) is 4. The van der Waals surface area contributed by atoms with Crippen molar-refractivity contribution in [1.82, 2.24) is 9.97 Å². The summed E-state index contributed by atoms with van der Waals surface area (Å²) in [6, 6.07) is 0. The van der Waals surface area contributed by atoms with Crippen LogP contribution in [0.1, 0.15) is 37.6 Å². The Kier molecular flexibility index (Phi) is 3.50. The standard InChI is InChI=1S/C13H22N4/c1-8-5-4-6-11(8)7-15-13-9(2)12(14)16-10(3)17-13/h8,11H,4-7H2,1-3H3,(H3,14,15,16,17). The minimum Gasteiger partial charge on any atom is -0.383 e. The second-order valence-electron chi connectivity index (χ2n) is 5.18. The molecule has 0 aliphatic heterocycles. The lowest BCUT2D eigenvalue weighted by molar-refractivity contribution is 0.439. The molecule has 0 saturated heterocycles. The van der Waals surface area contributed by atoms with E-state index in [0.717, 1.165) is 35.6 Å². The molecule has 4 nitrogen and oxygen atoms in total. The van der Waals surface area contributed by atoms with E-state index in [1.807, 2.05) is 13.8 Å². The van der Waals surface area contributed by atoms with Gasteiger partial charge in [0.2, 0.25) is 0 Å². The van der Waals surface area contributed by atoms with Gasteiger partial charge in [-0.25, -0.2) is 9.97 Å². The van der Waals surface area contributed by atoms with Gasteiger partial charge < -0.3 is 11.1 Å². The quantitative estimate of drug-likeness (QED) is 0.843. The first-order valence-corrected chi connectivity index (χ1v) is 6.42. The highest BCUT2D eigenvalue weighted by molar-refractivity contribution is 5.54. The zero-order valence-corrected chi connectivity index (χ0v) is 11.0. The van der Waals surface area contributed by atoms with Gasteiger partial charge in [0.15, 0.2) is 0 Å². The summed E-state index contributed by atoms with van der Waals surface area (Å²) >= 11 is 0. The Labute approximate surface area is 103 Å². The van der Waals surface area contributed by atoms with Crippen molar-refractivity contribution >= 4 is 11.6 Å². The molecule has 0 bridgehead atoms. The predicted molar refractivity (Wildman–Crippen MR) is 70.9 cm³/mol. The van der Waals surface area contributed by atoms with Gasteiger partial charge in [-0.3, -0.25) is 0 Å². The largest absolute Gasteiger partial charge is 0.383 e. The predicted octanol–water partition coefficient (Wildman–Crippen LogP) is 2.52. The smallest absolute Gasteiger partial charge is 0.134 e. The Morgan fingerprint density at radius 3 is 2.71 bits per heavy atom. The van der Waals surface area contributed by atoms with Crippen LogP contribution in [0.25, 0.3) is 0 Å². The van der Waals surface area contributed by atoms with Gasteiger partial charge in [-0.05, 0) is 32.1 Å². The molecule has 1 aromatic heterocycles. The fourth-order valence-corrected chi connectivity index (χ4v) is 2.58. The molecular weight excluding hydrogens is 212 g/mol. The van der Waals surface area contributed by atoms with E-state index in [1.54, 1.807) is 0 Å². The molecule has 1 aliphatic carbocycles. The Bertz CT molecular complexity index is 403. The first kappa shape index (κ1) is 12.1. The van der Waals surface area contributed by atoms with Crippen LogP contribution in [0, 0.1) is 25.7 Å². The highest BCUT2D eigenvalue weighted by atomic mass is 15.1. The first-order valence-electron chi connectivity index (χ1n) is 6.42. The van der Waals surface area contributed by atoms with Gasteiger partial charge in [-0.15, -0.1) is 0 Å². The molecule has 1 heterocycles. The summed E-state index contributed by atoms with van der Waals surface area (Å²) in [6.07, 6.45) is 4.04. The minimum absolute atomic E-state index is 0.583. The molecule has 4 heteroatoms. The molecule has 1 fully saturated rings. The van der Waals surface area contributed by atoms with E-state index in [2.05, 4.69) is 22.2 Å². The highest BCUT2D eigenvalue weighted by Gasteiger charge is 2.23. The lowest BCUT2D eigenvalue weighted by atomic mass is 9.98. The number of nitrogens with one attached hydrogen (secondary N) is 1. The lowest BCUT2D eigenvalue weighted by Crippen LogP contribution is -2.18. The molecule has 0 aromatic carbocycles. The molecule has 0 spiro atoms. The summed E-state index contributed by atoms with van der Waals surface area (Å²) in [4.78, 5) is 8.57. The van der Waals surface area contributed by atoms with Crippen molar-refractivity contribution in [2.45, 2.75) is 40.0 Å². The molecule has 17 heavy (non-hydrogen) atoms. The van der Waals surface area contributed by atoms with Gasteiger partial charge in [0.25, 0.3) is 0 Å². The monoisotopic (exact) mass is 234 g/mol. The topological polar surface area (TPSA) is 63.8 Å². The highest BCUT2D eigenvalue weighted by Crippen LogP contribution is 2.31. The van der Waals surface area contributed by atoms with Crippen LogP contribution in [-0.4, -0.2) is 16.5 Å². The third-order valence-electron chi connectivity index (χ3n) is 3.87. The molecule has 3 N–H and O–H groups in total. The number of rotatable bonds is 3. The molecule has 1 aromatic rings. The Hall–Kier alpha value is -1.32. The normalized spacial score (nSPS) is 23.9. The molecule has 2 rings (SSSR count). The van der Waals surface area contributed by atoms with E-state index in [-0.39, 0.29) is 0 Å². The molecule has 2 unspecified atom stereocenters. The first-order chi connectivity index (χ1) is 8.08. The van der Waals surface area contributed by atoms with Crippen LogP contribution in [0.3, 0.4) is 0 Å². The Morgan fingerprint density at radius 1 is 1.29 bits per heavy atom. The van der Waals surface area contributed by atoms with E-state index in [9.17, 15) is 0 Å². The molecule has 2 atom stereocenters. The van der Waals surface area contributed by atoms with Gasteiger partial charge in [0, 0.05) is 12.1 Å². The van der Waals surface area contributed by atoms with Crippen molar-refractivity contribution in [2.24, 2.45) is 11.8 Å². The number of nitrogens with zero attached hydrogens (tertiary/aromatic N) is 2. The zero-order valence-electron chi connectivity index (χ0n) is 11.0. The van der Waals surface area contributed by atoms with Crippen molar-refractivity contribution in [3.05, 3.63) is 11.4 Å². The molecule has 94 valence electrons. The van der Waals surface area contributed by atoms with Gasteiger partial charge in [0.05, 0.1) is 0 Å². The lowest BCUT2D eigenvalue weighted by Gasteiger charge is -2.17. The summed E-state index contributed by atoms with van der Waals surface area (Å²) in [6.45, 7) is 7.18. The summed E-state index contributed by atoms with van der Waals surface area (Å²) in [7, 11) is 0. The summed E-state index contributed by atoms with van der Waals surface area (Å²) in [5, 5.41) is 3.44. The van der Waals surface area contributed by atoms with Crippen LogP contribution in [0.2, 0.25) is 0 Å². The van der Waals surface area contributed by atoms with E-state index in [1.165, 1.54) is 19.3 Å². The third-order valence-corrected chi connectivity index (χ3v) is 3.87. The number of hydrogen-bond donors (Lipinski definition) is 2. The van der Waals surface area contributed by atoms with Crippen molar-refractivity contribution in [2.75, 3.05) is 17.6 Å². The summed E-state index contributed by atoms with van der Waals surface area (Å²) < 4.78 is 0. The SMILES string of the molecule is Cc1nc(N)c(C)c(NCC2CCCC2C)n1. The van der Waals surface area contributed by atoms with Crippen molar-refractivity contribution in [3.8, 4) is 0 Å². The second-order valence-corrected chi connectivity index (χ2v) is 5.18. The maximum Gasteiger partial charge on any atom is 0.134 e. The molecule has 1 saturated carbocycles. The number of aromatic nitrogens is 2. The number of nitrogen functional groups attached to an aromatic ring is 1. The van der Waals surface area contributed by atoms with E-state index in [4.69, 9.17) is 5.73 Å². The Morgan fingerprint density at radius 2 is 2.06 bits per heavy atom. The number of aryl methyl sites for hydroxylation is 1. The van der Waals surface area contributed by atoms with Crippen LogP contribution in [0.15, 0.2) is 0 Å². The van der Waals surface area contributed by atoms with Crippen LogP contribution in [0.5, 0.6) is 0 Å². The number of anilines is 2. The van der Waals surface area contributed by atoms with Crippen LogP contribution in [0.4, 0.5) is 11.6 Å². The second kappa shape index (κ2) is 4.90. The fourth-order valence-electron chi connectivity index (χ4n) is 2.58. The average Bonchev–Trinajstić information content (AvgIpc) is 2.67. The summed E-state index contributed by atoms with van der Waals surface area (Å²) in [5.41, 5.74) is 6.80. The maximum atomic E-state index is 5.84. The van der Waals surface area contributed by atoms with Crippen LogP contribution in [-0.2, 0) is 0 Å². The molecular formula is C13H22N4. The molecule has 0 radical (unpaired) electrons.